The van der Waals surface area contributed by atoms with E-state index in [9.17, 15) is 20.1 Å². The summed E-state index contributed by atoms with van der Waals surface area (Å²) in [6.45, 7) is 0.349. The van der Waals surface area contributed by atoms with Crippen molar-refractivity contribution in [1.82, 2.24) is 4.90 Å². The van der Waals surface area contributed by atoms with E-state index in [4.69, 9.17) is 22.3 Å². The number of hydrogen-bond acceptors (Lipinski definition) is 8. The van der Waals surface area contributed by atoms with Gasteiger partial charge in [-0.25, -0.2) is 0 Å². The third-order valence-corrected chi connectivity index (χ3v) is 8.28. The number of carboxylic acids is 1. The predicted molar refractivity (Wildman–Crippen MR) is 122 cm³/mol. The molecule has 11 heteroatoms. The van der Waals surface area contributed by atoms with Crippen molar-refractivity contribution in [2.24, 2.45) is 10.7 Å². The first-order chi connectivity index (χ1) is 14.8. The molecule has 3 unspecified atom stereocenters. The zero-order valence-corrected chi connectivity index (χ0v) is 19.0. The molecular weight excluding hydrogens is 460 g/mol. The first-order valence-electron chi connectivity index (χ1n) is 9.54. The Morgan fingerprint density at radius 3 is 2.84 bits per heavy atom. The van der Waals surface area contributed by atoms with Crippen LogP contribution < -0.4 is 10.3 Å². The molecule has 8 nitrogen and oxygen atoms in total. The third kappa shape index (κ3) is 4.10. The molecular formula is C20H22ClN4O4S2+. The fourth-order valence-corrected chi connectivity index (χ4v) is 6.70. The van der Waals surface area contributed by atoms with Crippen LogP contribution in [0.1, 0.15) is 11.1 Å². The maximum Gasteiger partial charge on any atom is 0.321 e. The van der Waals surface area contributed by atoms with Crippen LogP contribution in [0.2, 0.25) is 5.02 Å². The first kappa shape index (κ1) is 22.2. The summed E-state index contributed by atoms with van der Waals surface area (Å²) >= 11 is 9.19. The number of nitrogens with two attached hydrogens (primary N) is 1. The number of halogens is 1. The van der Waals surface area contributed by atoms with E-state index in [2.05, 4.69) is 0 Å². The molecule has 31 heavy (non-hydrogen) atoms. The summed E-state index contributed by atoms with van der Waals surface area (Å²) in [6.07, 6.45) is 3.64. The van der Waals surface area contributed by atoms with Crippen LogP contribution in [0.15, 0.2) is 35.6 Å². The number of nitrogens with zero attached hydrogens (tertiary/aromatic N) is 3. The molecule has 4 rings (SSSR count). The van der Waals surface area contributed by atoms with Gasteiger partial charge in [0.2, 0.25) is 5.69 Å². The molecule has 1 saturated heterocycles. The number of phenolic OH excluding ortho intramolecular Hbond substituents is 2. The number of aromatic hydroxyl groups is 2. The van der Waals surface area contributed by atoms with Crippen LogP contribution in [0.4, 0.5) is 0 Å². The Kier molecular flexibility index (Phi) is 6.36. The number of aromatic nitrogens is 1. The van der Waals surface area contributed by atoms with Crippen LogP contribution in [-0.2, 0) is 11.3 Å². The van der Waals surface area contributed by atoms with Crippen molar-refractivity contribution in [1.29, 1.82) is 0 Å². The van der Waals surface area contributed by atoms with E-state index in [0.29, 0.717) is 34.3 Å². The second-order valence-electron chi connectivity index (χ2n) is 7.33. The minimum absolute atomic E-state index is 0.0254. The summed E-state index contributed by atoms with van der Waals surface area (Å²) in [5.41, 5.74) is 7.61. The number of hydrogen-bond donors (Lipinski definition) is 4. The van der Waals surface area contributed by atoms with E-state index in [1.807, 2.05) is 23.2 Å². The Bertz CT molecular complexity index is 1070. The molecule has 2 aliphatic rings. The number of likely N-dealkylation sites (N-methyl/N-ethyl adjacent to an activating group) is 1. The largest absolute Gasteiger partial charge is 0.504 e. The average molecular weight is 482 g/mol. The zero-order valence-electron chi connectivity index (χ0n) is 16.6. The molecule has 0 radical (unpaired) electrons. The molecule has 164 valence electrons. The van der Waals surface area contributed by atoms with Gasteiger partial charge in [-0.2, -0.15) is 4.57 Å². The lowest BCUT2D eigenvalue weighted by atomic mass is 10.1. The fourth-order valence-electron chi connectivity index (χ4n) is 3.72. The lowest BCUT2D eigenvalue weighted by molar-refractivity contribution is -0.596. The van der Waals surface area contributed by atoms with Crippen molar-refractivity contribution in [3.05, 3.63) is 46.7 Å². The van der Waals surface area contributed by atoms with Crippen LogP contribution in [0, 0.1) is 0 Å². The van der Waals surface area contributed by atoms with Crippen molar-refractivity contribution < 1.29 is 24.7 Å². The van der Waals surface area contributed by atoms with Crippen LogP contribution in [0.3, 0.4) is 0 Å². The topological polar surface area (TPSA) is 123 Å². The minimum atomic E-state index is -0.842. The normalized spacial score (nSPS) is 23.8. The number of carboxylic acid groups (broad SMARTS) is 1. The third-order valence-electron chi connectivity index (χ3n) is 5.40. The number of aliphatic carboxylic acids is 1. The van der Waals surface area contributed by atoms with Crippen molar-refractivity contribution >= 4 is 46.1 Å². The van der Waals surface area contributed by atoms with E-state index in [-0.39, 0.29) is 22.2 Å². The highest BCUT2D eigenvalue weighted by atomic mass is 35.5. The Morgan fingerprint density at radius 1 is 1.39 bits per heavy atom. The summed E-state index contributed by atoms with van der Waals surface area (Å²) < 4.78 is 1.79. The molecule has 0 saturated carbocycles. The Morgan fingerprint density at radius 2 is 2.16 bits per heavy atom. The van der Waals surface area contributed by atoms with E-state index in [0.717, 1.165) is 5.56 Å². The number of rotatable bonds is 5. The average Bonchev–Trinajstić information content (AvgIpc) is 3.38. The molecule has 2 aromatic rings. The molecule has 3 atom stereocenters. The number of thioether (sulfide) groups is 2. The molecule has 3 heterocycles. The van der Waals surface area contributed by atoms with E-state index >= 15 is 0 Å². The lowest BCUT2D eigenvalue weighted by Gasteiger charge is -2.24. The summed E-state index contributed by atoms with van der Waals surface area (Å²) in [6, 6.07) is 4.62. The van der Waals surface area contributed by atoms with Crippen molar-refractivity contribution in [3.8, 4) is 17.2 Å². The molecule has 1 fully saturated rings. The molecule has 5 N–H and O–H groups in total. The van der Waals surface area contributed by atoms with Crippen molar-refractivity contribution in [2.45, 2.75) is 24.0 Å². The second kappa shape index (κ2) is 8.87. The van der Waals surface area contributed by atoms with Crippen LogP contribution >= 0.6 is 35.1 Å². The fraction of sp³-hybridized carbons (Fsp3) is 0.350. The highest BCUT2D eigenvalue weighted by Crippen LogP contribution is 2.43. The summed E-state index contributed by atoms with van der Waals surface area (Å²) in [4.78, 5) is 18.1. The maximum atomic E-state index is 11.4. The highest BCUT2D eigenvalue weighted by Gasteiger charge is 2.42. The molecule has 0 bridgehead atoms. The van der Waals surface area contributed by atoms with Gasteiger partial charge in [-0.15, -0.1) is 23.5 Å². The molecule has 1 aromatic heterocycles. The smallest absolute Gasteiger partial charge is 0.321 e. The number of benzene rings is 1. The zero-order chi connectivity index (χ0) is 22.3. The number of phenols is 2. The van der Waals surface area contributed by atoms with Crippen molar-refractivity contribution in [2.75, 3.05) is 18.6 Å². The van der Waals surface area contributed by atoms with E-state index < -0.39 is 17.8 Å². The van der Waals surface area contributed by atoms with Gasteiger partial charge in [0.1, 0.15) is 16.6 Å². The van der Waals surface area contributed by atoms with Crippen LogP contribution in [0.5, 0.6) is 11.5 Å². The summed E-state index contributed by atoms with van der Waals surface area (Å²) in [5, 5.41) is 31.0. The van der Waals surface area contributed by atoms with E-state index in [1.54, 1.807) is 35.6 Å². The Hall–Kier alpha value is -1.98. The van der Waals surface area contributed by atoms with Gasteiger partial charge in [-0.05, 0) is 13.1 Å². The quantitative estimate of drug-likeness (QED) is 0.376. The summed E-state index contributed by atoms with van der Waals surface area (Å²) in [7, 11) is 1.80. The SMILES string of the molecule is CN1C(C(=O)O)CSC1C1CSC(c2c(-[n+]3cccc(CN)c3)cc(Cl)c(O)c2O)=N1. The summed E-state index contributed by atoms with van der Waals surface area (Å²) in [5.74, 6) is -0.440. The van der Waals surface area contributed by atoms with Crippen molar-refractivity contribution in [3.63, 3.8) is 0 Å². The molecule has 1 aromatic carbocycles. The molecule has 2 aliphatic heterocycles. The van der Waals surface area contributed by atoms with Gasteiger partial charge in [0.15, 0.2) is 23.9 Å². The number of carbonyl (C=O) groups is 1. The van der Waals surface area contributed by atoms with Gasteiger partial charge in [0.25, 0.3) is 0 Å². The van der Waals surface area contributed by atoms with Gasteiger partial charge >= 0.3 is 5.97 Å². The molecule has 0 amide bonds. The van der Waals surface area contributed by atoms with Gasteiger partial charge < -0.3 is 21.1 Å². The van der Waals surface area contributed by atoms with Gasteiger partial charge in [-0.1, -0.05) is 11.6 Å². The van der Waals surface area contributed by atoms with Gasteiger partial charge in [-0.3, -0.25) is 14.7 Å². The highest BCUT2D eigenvalue weighted by molar-refractivity contribution is 8.14. The van der Waals surface area contributed by atoms with Crippen LogP contribution in [-0.4, -0.2) is 67.2 Å². The number of pyridine rings is 1. The predicted octanol–water partition coefficient (Wildman–Crippen LogP) is 1.81. The Balaban J connectivity index is 1.75. The lowest BCUT2D eigenvalue weighted by Crippen LogP contribution is -2.42. The van der Waals surface area contributed by atoms with Gasteiger partial charge in [0, 0.05) is 35.7 Å². The second-order valence-corrected chi connectivity index (χ2v) is 9.89. The Labute approximate surface area is 192 Å². The monoisotopic (exact) mass is 481 g/mol. The standard InChI is InChI=1S/C20H21ClN4O4S2/c1-24-14(20(28)29)9-31-19(24)12-8-30-18(23-12)15-13(5-11(21)16(26)17(15)27)25-4-2-3-10(6-22)7-25/h2-5,7,12,14,19H,6,8-9,22H2,1H3,(H2-,23,26,27,28,29)/p+1. The minimum Gasteiger partial charge on any atom is -0.504 e. The number of aliphatic imine (C=N–C) groups is 1. The maximum absolute atomic E-state index is 11.4. The van der Waals surface area contributed by atoms with Gasteiger partial charge in [0.05, 0.1) is 16.4 Å². The molecule has 0 spiro atoms. The molecule has 0 aliphatic carbocycles. The van der Waals surface area contributed by atoms with Crippen LogP contribution in [0.25, 0.3) is 5.69 Å². The first-order valence-corrected chi connectivity index (χ1v) is 12.0. The van der Waals surface area contributed by atoms with E-state index in [1.165, 1.54) is 11.8 Å².